The van der Waals surface area contributed by atoms with E-state index in [1.54, 1.807) is 30.3 Å². The maximum atomic E-state index is 12.9. The summed E-state index contributed by atoms with van der Waals surface area (Å²) < 4.78 is 21.1. The van der Waals surface area contributed by atoms with E-state index in [1.807, 2.05) is 6.07 Å². The Morgan fingerprint density at radius 2 is 1.65 bits per heavy atom. The first kappa shape index (κ1) is 23.8. The monoisotopic (exact) mass is 464 g/mol. The highest BCUT2D eigenvalue weighted by atomic mass is 16.5. The number of methoxy groups -OCH3 is 3. The Kier molecular flexibility index (Phi) is 7.13. The number of hydrogen-bond donors (Lipinski definition) is 1. The van der Waals surface area contributed by atoms with E-state index in [2.05, 4.69) is 10.5 Å². The Morgan fingerprint density at radius 1 is 1.03 bits per heavy atom. The summed E-state index contributed by atoms with van der Waals surface area (Å²) in [4.78, 5) is 38.2. The van der Waals surface area contributed by atoms with Crippen LogP contribution >= 0.6 is 0 Å². The number of nitriles is 1. The third-order valence-corrected chi connectivity index (χ3v) is 4.82. The highest BCUT2D eigenvalue weighted by molar-refractivity contribution is 6.11. The van der Waals surface area contributed by atoms with Crippen LogP contribution in [0, 0.1) is 11.3 Å². The summed E-state index contributed by atoms with van der Waals surface area (Å²) >= 11 is 0. The molecule has 0 aliphatic heterocycles. The number of nitrogens with one attached hydrogen (secondary N) is 1. The molecule has 4 amide bonds. The maximum absolute atomic E-state index is 12.9. The molecule has 0 atom stereocenters. The molecule has 3 aromatic rings. The van der Waals surface area contributed by atoms with Crippen LogP contribution in [0.15, 0.2) is 47.0 Å². The quantitative estimate of drug-likeness (QED) is 0.582. The molecule has 0 radical (unpaired) electrons. The number of hydrogen-bond acceptors (Lipinski definition) is 9. The first-order valence-corrected chi connectivity index (χ1v) is 9.74. The van der Waals surface area contributed by atoms with E-state index in [0.29, 0.717) is 10.6 Å². The Labute approximate surface area is 194 Å². The zero-order valence-corrected chi connectivity index (χ0v) is 18.7. The number of imide groups is 2. The Bertz CT molecular complexity index is 1250. The molecule has 3 rings (SSSR count). The van der Waals surface area contributed by atoms with Gasteiger partial charge in [0.1, 0.15) is 34.6 Å². The largest absolute Gasteiger partial charge is 0.496 e. The summed E-state index contributed by atoms with van der Waals surface area (Å²) in [5.41, 5.74) is 0.198. The van der Waals surface area contributed by atoms with Gasteiger partial charge < -0.3 is 18.7 Å². The van der Waals surface area contributed by atoms with Crippen LogP contribution < -0.4 is 19.5 Å². The highest BCUT2D eigenvalue weighted by Crippen LogP contribution is 2.43. The van der Waals surface area contributed by atoms with Gasteiger partial charge in [0.05, 0.1) is 26.9 Å². The molecule has 1 aromatic heterocycles. The van der Waals surface area contributed by atoms with Crippen LogP contribution in [0.4, 0.5) is 4.79 Å². The fourth-order valence-corrected chi connectivity index (χ4v) is 3.04. The normalized spacial score (nSPS) is 10.1. The molecule has 0 saturated heterocycles. The van der Waals surface area contributed by atoms with Gasteiger partial charge in [0.25, 0.3) is 5.91 Å². The predicted molar refractivity (Wildman–Crippen MR) is 118 cm³/mol. The Hall–Kier alpha value is -4.85. The second-order valence-electron chi connectivity index (χ2n) is 6.74. The van der Waals surface area contributed by atoms with Crippen LogP contribution in [-0.4, -0.2) is 56.3 Å². The Morgan fingerprint density at radius 3 is 2.18 bits per heavy atom. The average Bonchev–Trinajstić information content (AvgIpc) is 3.30. The smallest absolute Gasteiger partial charge is 0.331 e. The summed E-state index contributed by atoms with van der Waals surface area (Å²) in [5, 5.41) is 15.7. The van der Waals surface area contributed by atoms with Crippen LogP contribution in [0.25, 0.3) is 11.3 Å². The van der Waals surface area contributed by atoms with E-state index in [9.17, 15) is 19.6 Å². The lowest BCUT2D eigenvalue weighted by Crippen LogP contribution is -2.43. The second-order valence-corrected chi connectivity index (χ2v) is 6.74. The van der Waals surface area contributed by atoms with Crippen molar-refractivity contribution in [2.45, 2.75) is 0 Å². The van der Waals surface area contributed by atoms with Gasteiger partial charge in [-0.05, 0) is 12.1 Å². The summed E-state index contributed by atoms with van der Waals surface area (Å²) in [6.45, 7) is 0. The van der Waals surface area contributed by atoms with Crippen molar-refractivity contribution in [2.75, 3.05) is 28.4 Å². The number of aromatic nitrogens is 1. The van der Waals surface area contributed by atoms with Crippen molar-refractivity contribution >= 4 is 17.8 Å². The molecule has 174 valence electrons. The third-order valence-electron chi connectivity index (χ3n) is 4.82. The van der Waals surface area contributed by atoms with Crippen molar-refractivity contribution in [1.29, 1.82) is 5.26 Å². The van der Waals surface area contributed by atoms with Crippen LogP contribution in [0.1, 0.15) is 26.5 Å². The summed E-state index contributed by atoms with van der Waals surface area (Å²) in [7, 11) is 5.40. The molecule has 0 saturated carbocycles. The fourth-order valence-electron chi connectivity index (χ4n) is 3.04. The van der Waals surface area contributed by atoms with E-state index < -0.39 is 23.6 Å². The molecule has 11 nitrogen and oxygen atoms in total. The standard InChI is InChI=1S/C23H20N4O7/c1-27(23(30)25-21(28)13-8-6-5-7-9-13)22(29)20-15(12-24)19(26-34-20)18-16(32-3)10-14(31-2)11-17(18)33-4/h5-11H,1-4H3,(H,25,28,30). The molecule has 1 N–H and O–H groups in total. The number of carbonyl (C=O) groups is 3. The first-order chi connectivity index (χ1) is 16.4. The molecular weight excluding hydrogens is 444 g/mol. The lowest BCUT2D eigenvalue weighted by molar-refractivity contribution is 0.0784. The van der Waals surface area contributed by atoms with Gasteiger partial charge in [-0.3, -0.25) is 19.8 Å². The molecule has 0 fully saturated rings. The van der Waals surface area contributed by atoms with Crippen molar-refractivity contribution in [2.24, 2.45) is 0 Å². The lowest BCUT2D eigenvalue weighted by Gasteiger charge is -2.14. The number of carbonyl (C=O) groups excluding carboxylic acids is 3. The molecule has 0 aliphatic rings. The van der Waals surface area contributed by atoms with Gasteiger partial charge in [0, 0.05) is 24.7 Å². The van der Waals surface area contributed by atoms with E-state index >= 15 is 0 Å². The van der Waals surface area contributed by atoms with Crippen LogP contribution in [0.5, 0.6) is 17.2 Å². The summed E-state index contributed by atoms with van der Waals surface area (Å²) in [5.74, 6) is -1.26. The minimum Gasteiger partial charge on any atom is -0.496 e. The maximum Gasteiger partial charge on any atom is 0.331 e. The van der Waals surface area contributed by atoms with Crippen LogP contribution in [0.3, 0.4) is 0 Å². The van der Waals surface area contributed by atoms with Gasteiger partial charge in [-0.2, -0.15) is 5.26 Å². The van der Waals surface area contributed by atoms with Crippen molar-refractivity contribution in [3.63, 3.8) is 0 Å². The molecule has 0 spiro atoms. The second kappa shape index (κ2) is 10.2. The lowest BCUT2D eigenvalue weighted by atomic mass is 10.0. The Balaban J connectivity index is 1.94. The van der Waals surface area contributed by atoms with Crippen molar-refractivity contribution in [1.82, 2.24) is 15.4 Å². The zero-order valence-electron chi connectivity index (χ0n) is 18.7. The third kappa shape index (κ3) is 4.51. The minimum atomic E-state index is -1.01. The van der Waals surface area contributed by atoms with Crippen LogP contribution in [-0.2, 0) is 0 Å². The van der Waals surface area contributed by atoms with E-state index in [0.717, 1.165) is 7.05 Å². The number of benzene rings is 2. The van der Waals surface area contributed by atoms with Crippen molar-refractivity contribution in [3.8, 4) is 34.6 Å². The predicted octanol–water partition coefficient (Wildman–Crippen LogP) is 2.86. The first-order valence-electron chi connectivity index (χ1n) is 9.74. The van der Waals surface area contributed by atoms with E-state index in [1.165, 1.54) is 33.5 Å². The van der Waals surface area contributed by atoms with Gasteiger partial charge in [0.15, 0.2) is 0 Å². The SMILES string of the molecule is COc1cc(OC)c(-c2noc(C(=O)N(C)C(=O)NC(=O)c3ccccc3)c2C#N)c(OC)c1. The summed E-state index contributed by atoms with van der Waals surface area (Å²) in [6, 6.07) is 11.9. The number of nitrogens with zero attached hydrogens (tertiary/aromatic N) is 3. The fraction of sp³-hybridized carbons (Fsp3) is 0.174. The van der Waals surface area contributed by atoms with Gasteiger partial charge in [0.2, 0.25) is 5.76 Å². The summed E-state index contributed by atoms with van der Waals surface area (Å²) in [6.07, 6.45) is 0. The number of rotatable bonds is 6. The number of ether oxygens (including phenoxy) is 3. The number of amides is 4. The molecule has 0 unspecified atom stereocenters. The molecule has 0 aliphatic carbocycles. The number of urea groups is 1. The van der Waals surface area contributed by atoms with Gasteiger partial charge in [-0.15, -0.1) is 0 Å². The van der Waals surface area contributed by atoms with Gasteiger partial charge in [-0.25, -0.2) is 4.79 Å². The minimum absolute atomic E-state index is 0.0311. The molecule has 2 aromatic carbocycles. The molecular formula is C23H20N4O7. The molecule has 0 bridgehead atoms. The van der Waals surface area contributed by atoms with Crippen molar-refractivity contribution in [3.05, 3.63) is 59.4 Å². The van der Waals surface area contributed by atoms with Crippen LogP contribution in [0.2, 0.25) is 0 Å². The molecule has 11 heteroatoms. The molecule has 34 heavy (non-hydrogen) atoms. The zero-order chi connectivity index (χ0) is 24.8. The van der Waals surface area contributed by atoms with Crippen molar-refractivity contribution < 1.29 is 33.1 Å². The van der Waals surface area contributed by atoms with Gasteiger partial charge >= 0.3 is 11.9 Å². The highest BCUT2D eigenvalue weighted by Gasteiger charge is 2.32. The van der Waals surface area contributed by atoms with E-state index in [-0.39, 0.29) is 33.9 Å². The van der Waals surface area contributed by atoms with Gasteiger partial charge in [-0.1, -0.05) is 23.4 Å². The topological polar surface area (TPSA) is 144 Å². The van der Waals surface area contributed by atoms with E-state index in [4.69, 9.17) is 18.7 Å². The molecule has 1 heterocycles. The average molecular weight is 464 g/mol.